The standard InChI is InChI=1S/C24H29N3O2/c1-16-6-5-7-17(8-16)18-9-19(13-25-12-18)22(29)26-24-10-20(24)14-27(15-24)21(28)11-23(2,3)4/h5-9,12-13,20H,10-11,14-15H2,1-4H3,(H,26,29)/t20-,24-/m0/s1. The number of rotatable bonds is 4. The number of benzene rings is 1. The first-order valence-corrected chi connectivity index (χ1v) is 10.3. The summed E-state index contributed by atoms with van der Waals surface area (Å²) in [5, 5.41) is 3.21. The summed E-state index contributed by atoms with van der Waals surface area (Å²) in [5.74, 6) is 0.435. The third-order valence-electron chi connectivity index (χ3n) is 5.89. The van der Waals surface area contributed by atoms with Gasteiger partial charge in [-0.25, -0.2) is 0 Å². The number of carbonyl (C=O) groups is 2. The quantitative estimate of drug-likeness (QED) is 0.862. The van der Waals surface area contributed by atoms with Crippen LogP contribution in [0.4, 0.5) is 0 Å². The number of aromatic nitrogens is 1. The molecule has 1 saturated carbocycles. The monoisotopic (exact) mass is 391 g/mol. The Bertz CT molecular complexity index is 963. The van der Waals surface area contributed by atoms with E-state index in [1.165, 1.54) is 5.56 Å². The maximum absolute atomic E-state index is 12.9. The molecule has 0 bridgehead atoms. The zero-order valence-corrected chi connectivity index (χ0v) is 17.7. The van der Waals surface area contributed by atoms with Crippen molar-refractivity contribution in [3.63, 3.8) is 0 Å². The molecule has 1 aromatic carbocycles. The molecule has 2 amide bonds. The van der Waals surface area contributed by atoms with E-state index in [9.17, 15) is 9.59 Å². The Kier molecular flexibility index (Phi) is 4.72. The van der Waals surface area contributed by atoms with Crippen LogP contribution in [0.3, 0.4) is 0 Å². The fraction of sp³-hybridized carbons (Fsp3) is 0.458. The van der Waals surface area contributed by atoms with Crippen molar-refractivity contribution in [2.45, 2.75) is 46.1 Å². The molecule has 0 spiro atoms. The summed E-state index contributed by atoms with van der Waals surface area (Å²) >= 11 is 0. The molecule has 2 aliphatic rings. The molecule has 29 heavy (non-hydrogen) atoms. The average molecular weight is 392 g/mol. The molecule has 5 nitrogen and oxygen atoms in total. The molecule has 2 heterocycles. The summed E-state index contributed by atoms with van der Waals surface area (Å²) in [6, 6.07) is 10.1. The van der Waals surface area contributed by atoms with Crippen LogP contribution in [0.25, 0.3) is 11.1 Å². The van der Waals surface area contributed by atoms with Gasteiger partial charge in [0.05, 0.1) is 11.1 Å². The summed E-state index contributed by atoms with van der Waals surface area (Å²) < 4.78 is 0. The second-order valence-corrected chi connectivity index (χ2v) is 9.85. The Labute approximate surface area is 172 Å². The summed E-state index contributed by atoms with van der Waals surface area (Å²) in [7, 11) is 0. The van der Waals surface area contributed by atoms with Crippen molar-refractivity contribution >= 4 is 11.8 Å². The molecule has 5 heteroatoms. The largest absolute Gasteiger partial charge is 0.344 e. The number of aryl methyl sites for hydroxylation is 1. The lowest BCUT2D eigenvalue weighted by atomic mass is 9.91. The van der Waals surface area contributed by atoms with Crippen LogP contribution >= 0.6 is 0 Å². The molecule has 0 radical (unpaired) electrons. The number of piperidine rings is 1. The maximum atomic E-state index is 12.9. The van der Waals surface area contributed by atoms with E-state index < -0.39 is 0 Å². The third-order valence-corrected chi connectivity index (χ3v) is 5.89. The van der Waals surface area contributed by atoms with Crippen molar-refractivity contribution < 1.29 is 9.59 Å². The zero-order valence-electron chi connectivity index (χ0n) is 17.7. The summed E-state index contributed by atoms with van der Waals surface area (Å²) in [4.78, 5) is 31.7. The van der Waals surface area contributed by atoms with E-state index in [1.807, 2.05) is 36.1 Å². The van der Waals surface area contributed by atoms with Crippen molar-refractivity contribution in [1.82, 2.24) is 15.2 Å². The summed E-state index contributed by atoms with van der Waals surface area (Å²) in [6.45, 7) is 9.64. The molecule has 2 atom stereocenters. The van der Waals surface area contributed by atoms with E-state index in [0.717, 1.165) is 24.1 Å². The number of pyridine rings is 1. The van der Waals surface area contributed by atoms with Gasteiger partial charge in [0.2, 0.25) is 5.91 Å². The van der Waals surface area contributed by atoms with E-state index in [1.54, 1.807) is 12.4 Å². The van der Waals surface area contributed by atoms with E-state index in [0.29, 0.717) is 24.4 Å². The number of hydrogen-bond acceptors (Lipinski definition) is 3. The molecule has 2 fully saturated rings. The third kappa shape index (κ3) is 4.19. The average Bonchev–Trinajstić information content (AvgIpc) is 3.19. The van der Waals surface area contributed by atoms with Gasteiger partial charge in [-0.15, -0.1) is 0 Å². The van der Waals surface area contributed by atoms with Gasteiger partial charge >= 0.3 is 0 Å². The number of fused-ring (bicyclic) bond motifs is 1. The molecular formula is C24H29N3O2. The fourth-order valence-corrected chi connectivity index (χ4v) is 4.28. The minimum Gasteiger partial charge on any atom is -0.344 e. The van der Waals surface area contributed by atoms with Crippen LogP contribution in [0.2, 0.25) is 0 Å². The van der Waals surface area contributed by atoms with Crippen molar-refractivity contribution in [1.29, 1.82) is 0 Å². The SMILES string of the molecule is Cc1cccc(-c2cncc(C(=O)N[C@]34C[C@H]3CN(C(=O)CC(C)(C)C)C4)c2)c1. The molecular weight excluding hydrogens is 362 g/mol. The minimum absolute atomic E-state index is 0.0256. The fourth-order valence-electron chi connectivity index (χ4n) is 4.28. The molecule has 2 aromatic rings. The van der Waals surface area contributed by atoms with E-state index in [2.05, 4.69) is 37.1 Å². The number of likely N-dealkylation sites (tertiary alicyclic amines) is 1. The first kappa shape index (κ1) is 19.6. The summed E-state index contributed by atoms with van der Waals surface area (Å²) in [6.07, 6.45) is 4.88. The van der Waals surface area contributed by atoms with Crippen LogP contribution in [0.5, 0.6) is 0 Å². The Hall–Kier alpha value is -2.69. The molecule has 1 aliphatic carbocycles. The molecule has 1 saturated heterocycles. The van der Waals surface area contributed by atoms with E-state index in [-0.39, 0.29) is 22.8 Å². The Morgan fingerprint density at radius 3 is 2.72 bits per heavy atom. The molecule has 1 N–H and O–H groups in total. The molecule has 152 valence electrons. The number of carbonyl (C=O) groups excluding carboxylic acids is 2. The second kappa shape index (κ2) is 6.97. The molecule has 1 aromatic heterocycles. The predicted octanol–water partition coefficient (Wildman–Crippen LogP) is 3.82. The van der Waals surface area contributed by atoms with Gasteiger partial charge in [-0.1, -0.05) is 50.6 Å². The maximum Gasteiger partial charge on any atom is 0.253 e. The van der Waals surface area contributed by atoms with Crippen LogP contribution in [-0.4, -0.2) is 40.3 Å². The topological polar surface area (TPSA) is 62.3 Å². The Morgan fingerprint density at radius 1 is 1.21 bits per heavy atom. The lowest BCUT2D eigenvalue weighted by Crippen LogP contribution is -2.44. The first-order valence-electron chi connectivity index (χ1n) is 10.3. The molecule has 1 aliphatic heterocycles. The predicted molar refractivity (Wildman–Crippen MR) is 113 cm³/mol. The van der Waals surface area contributed by atoms with Crippen molar-refractivity contribution in [3.8, 4) is 11.1 Å². The smallest absolute Gasteiger partial charge is 0.253 e. The van der Waals surface area contributed by atoms with Crippen LogP contribution in [0.1, 0.15) is 49.5 Å². The van der Waals surface area contributed by atoms with Crippen LogP contribution in [-0.2, 0) is 4.79 Å². The Morgan fingerprint density at radius 2 is 2.00 bits per heavy atom. The lowest BCUT2D eigenvalue weighted by Gasteiger charge is -2.25. The number of nitrogens with zero attached hydrogens (tertiary/aromatic N) is 2. The minimum atomic E-state index is -0.260. The lowest BCUT2D eigenvalue weighted by molar-refractivity contribution is -0.132. The van der Waals surface area contributed by atoms with Gasteiger partial charge in [0.1, 0.15) is 0 Å². The van der Waals surface area contributed by atoms with Gasteiger partial charge < -0.3 is 10.2 Å². The highest BCUT2D eigenvalue weighted by atomic mass is 16.2. The van der Waals surface area contributed by atoms with Gasteiger partial charge in [-0.3, -0.25) is 14.6 Å². The highest BCUT2D eigenvalue weighted by Gasteiger charge is 2.61. The van der Waals surface area contributed by atoms with Crippen molar-refractivity contribution in [2.24, 2.45) is 11.3 Å². The van der Waals surface area contributed by atoms with E-state index >= 15 is 0 Å². The summed E-state index contributed by atoms with van der Waals surface area (Å²) in [5.41, 5.74) is 3.42. The van der Waals surface area contributed by atoms with Crippen LogP contribution in [0, 0.1) is 18.3 Å². The number of amides is 2. The van der Waals surface area contributed by atoms with Gasteiger partial charge in [0.15, 0.2) is 0 Å². The zero-order chi connectivity index (χ0) is 20.8. The van der Waals surface area contributed by atoms with Gasteiger partial charge in [0.25, 0.3) is 5.91 Å². The highest BCUT2D eigenvalue weighted by Crippen LogP contribution is 2.50. The second-order valence-electron chi connectivity index (χ2n) is 9.85. The molecule has 4 rings (SSSR count). The van der Waals surface area contributed by atoms with Gasteiger partial charge in [-0.2, -0.15) is 0 Å². The van der Waals surface area contributed by atoms with Gasteiger partial charge in [-0.05, 0) is 30.4 Å². The van der Waals surface area contributed by atoms with Crippen LogP contribution in [0.15, 0.2) is 42.7 Å². The highest BCUT2D eigenvalue weighted by molar-refractivity contribution is 5.96. The molecule has 0 unspecified atom stereocenters. The normalized spacial score (nSPS) is 22.9. The van der Waals surface area contributed by atoms with Crippen molar-refractivity contribution in [2.75, 3.05) is 13.1 Å². The Balaban J connectivity index is 1.44. The number of hydrogen-bond donors (Lipinski definition) is 1. The number of nitrogens with one attached hydrogen (secondary N) is 1. The van der Waals surface area contributed by atoms with Crippen LogP contribution < -0.4 is 5.32 Å². The van der Waals surface area contributed by atoms with Gasteiger partial charge in [0, 0.05) is 43.4 Å². The first-order chi connectivity index (χ1) is 13.7. The van der Waals surface area contributed by atoms with Crippen molar-refractivity contribution in [3.05, 3.63) is 53.9 Å². The van der Waals surface area contributed by atoms with E-state index in [4.69, 9.17) is 0 Å².